The first-order valence-corrected chi connectivity index (χ1v) is 6.33. The molecular weight excluding hydrogens is 238 g/mol. The van der Waals surface area contributed by atoms with Crippen molar-refractivity contribution in [1.82, 2.24) is 4.98 Å². The first-order chi connectivity index (χ1) is 9.33. The van der Waals surface area contributed by atoms with Crippen LogP contribution in [0.5, 0.6) is 5.75 Å². The number of pyridine rings is 1. The van der Waals surface area contributed by atoms with Crippen LogP contribution in [0.3, 0.4) is 0 Å². The van der Waals surface area contributed by atoms with E-state index in [0.717, 1.165) is 30.2 Å². The fraction of sp³-hybridized carbons (Fsp3) is 0.267. The number of aromatic nitrogens is 1. The molecule has 0 amide bonds. The average molecular weight is 257 g/mol. The van der Waals surface area contributed by atoms with Gasteiger partial charge in [0.2, 0.25) is 0 Å². The Bertz CT molecular complexity index is 528. The van der Waals surface area contributed by atoms with Crippen LogP contribution in [0.1, 0.15) is 5.56 Å². The molecule has 0 fully saturated rings. The van der Waals surface area contributed by atoms with Crippen LogP contribution in [-0.2, 0) is 6.42 Å². The van der Waals surface area contributed by atoms with Gasteiger partial charge >= 0.3 is 0 Å². The van der Waals surface area contributed by atoms with Crippen LogP contribution in [0.15, 0.2) is 42.6 Å². The Hall–Kier alpha value is -2.23. The molecule has 4 nitrogen and oxygen atoms in total. The lowest BCUT2D eigenvalue weighted by atomic mass is 10.1. The second kappa shape index (κ2) is 6.64. The van der Waals surface area contributed by atoms with E-state index in [-0.39, 0.29) is 0 Å². The summed E-state index contributed by atoms with van der Waals surface area (Å²) in [5.41, 5.74) is 2.27. The molecule has 0 saturated carbocycles. The molecule has 0 aliphatic carbocycles. The summed E-state index contributed by atoms with van der Waals surface area (Å²) in [6.07, 6.45) is 2.71. The molecule has 0 atom stereocenters. The quantitative estimate of drug-likeness (QED) is 0.835. The van der Waals surface area contributed by atoms with Gasteiger partial charge in [0.05, 0.1) is 7.11 Å². The van der Waals surface area contributed by atoms with E-state index in [1.54, 1.807) is 13.3 Å². The van der Waals surface area contributed by atoms with Gasteiger partial charge in [0.1, 0.15) is 11.6 Å². The summed E-state index contributed by atoms with van der Waals surface area (Å²) in [6, 6.07) is 12.0. The fourth-order valence-corrected chi connectivity index (χ4v) is 1.93. The van der Waals surface area contributed by atoms with E-state index in [4.69, 9.17) is 4.74 Å². The number of methoxy groups -OCH3 is 1. The number of nitrogens with zero attached hydrogens (tertiary/aromatic N) is 1. The van der Waals surface area contributed by atoms with Gasteiger partial charge in [-0.3, -0.25) is 0 Å². The van der Waals surface area contributed by atoms with Crippen molar-refractivity contribution < 1.29 is 4.74 Å². The van der Waals surface area contributed by atoms with Crippen molar-refractivity contribution in [3.05, 3.63) is 48.2 Å². The second-order valence-corrected chi connectivity index (χ2v) is 4.17. The standard InChI is InChI=1S/C15H19N3O/c1-16-15-11-13(8-10-18-15)17-9-7-12-5-3-4-6-14(12)19-2/h3-6,8,10-11H,7,9H2,1-2H3,(H2,16,17,18). The second-order valence-electron chi connectivity index (χ2n) is 4.17. The van der Waals surface area contributed by atoms with Gasteiger partial charge in [-0.05, 0) is 24.1 Å². The minimum absolute atomic E-state index is 0.855. The predicted molar refractivity (Wildman–Crippen MR) is 79.0 cm³/mol. The molecule has 1 aromatic carbocycles. The van der Waals surface area contributed by atoms with Gasteiger partial charge in [-0.15, -0.1) is 0 Å². The number of nitrogens with one attached hydrogen (secondary N) is 2. The Morgan fingerprint density at radius 2 is 2.05 bits per heavy atom. The van der Waals surface area contributed by atoms with Gasteiger partial charge in [-0.1, -0.05) is 18.2 Å². The summed E-state index contributed by atoms with van der Waals surface area (Å²) in [4.78, 5) is 4.18. The molecule has 0 spiro atoms. The van der Waals surface area contributed by atoms with Gasteiger partial charge in [0.25, 0.3) is 0 Å². The van der Waals surface area contributed by atoms with Crippen LogP contribution in [0.2, 0.25) is 0 Å². The zero-order chi connectivity index (χ0) is 13.5. The van der Waals surface area contributed by atoms with E-state index in [1.807, 2.05) is 37.4 Å². The minimum Gasteiger partial charge on any atom is -0.496 e. The van der Waals surface area contributed by atoms with Crippen molar-refractivity contribution in [2.75, 3.05) is 31.3 Å². The van der Waals surface area contributed by atoms with Crippen molar-refractivity contribution >= 4 is 11.5 Å². The predicted octanol–water partition coefficient (Wildman–Crippen LogP) is 2.79. The number of rotatable bonds is 6. The fourth-order valence-electron chi connectivity index (χ4n) is 1.93. The molecule has 0 aliphatic rings. The maximum atomic E-state index is 5.34. The molecular formula is C15H19N3O. The largest absolute Gasteiger partial charge is 0.496 e. The highest BCUT2D eigenvalue weighted by Gasteiger charge is 2.01. The highest BCUT2D eigenvalue weighted by molar-refractivity contribution is 5.51. The van der Waals surface area contributed by atoms with Crippen molar-refractivity contribution in [1.29, 1.82) is 0 Å². The normalized spacial score (nSPS) is 10.0. The summed E-state index contributed by atoms with van der Waals surface area (Å²) >= 11 is 0. The number of ether oxygens (including phenoxy) is 1. The van der Waals surface area contributed by atoms with E-state index in [0.29, 0.717) is 0 Å². The van der Waals surface area contributed by atoms with Gasteiger partial charge < -0.3 is 15.4 Å². The molecule has 100 valence electrons. The summed E-state index contributed by atoms with van der Waals surface area (Å²) in [5.74, 6) is 1.80. The monoisotopic (exact) mass is 257 g/mol. The number of para-hydroxylation sites is 1. The summed E-state index contributed by atoms with van der Waals surface area (Å²) in [7, 11) is 3.56. The van der Waals surface area contributed by atoms with Gasteiger partial charge in [-0.25, -0.2) is 4.98 Å². The minimum atomic E-state index is 0.855. The van der Waals surface area contributed by atoms with Gasteiger partial charge in [0.15, 0.2) is 0 Å². The van der Waals surface area contributed by atoms with Gasteiger partial charge in [-0.2, -0.15) is 0 Å². The lowest BCUT2D eigenvalue weighted by Crippen LogP contribution is -2.06. The molecule has 0 unspecified atom stereocenters. The molecule has 0 saturated heterocycles. The van der Waals surface area contributed by atoms with E-state index in [2.05, 4.69) is 21.7 Å². The van der Waals surface area contributed by atoms with Crippen LogP contribution >= 0.6 is 0 Å². The number of anilines is 2. The third kappa shape index (κ3) is 3.61. The smallest absolute Gasteiger partial charge is 0.127 e. The Balaban J connectivity index is 1.92. The van der Waals surface area contributed by atoms with Crippen LogP contribution in [0.4, 0.5) is 11.5 Å². The summed E-state index contributed by atoms with van der Waals surface area (Å²) in [5, 5.41) is 6.41. The van der Waals surface area contributed by atoms with E-state index >= 15 is 0 Å². The lowest BCUT2D eigenvalue weighted by molar-refractivity contribution is 0.410. The molecule has 1 heterocycles. The van der Waals surface area contributed by atoms with Crippen molar-refractivity contribution in [3.63, 3.8) is 0 Å². The summed E-state index contributed by atoms with van der Waals surface area (Å²) < 4.78 is 5.34. The van der Waals surface area contributed by atoms with Crippen molar-refractivity contribution in [2.24, 2.45) is 0 Å². The van der Waals surface area contributed by atoms with E-state index < -0.39 is 0 Å². The molecule has 4 heteroatoms. The van der Waals surface area contributed by atoms with Crippen LogP contribution in [-0.4, -0.2) is 25.7 Å². The maximum absolute atomic E-state index is 5.34. The third-order valence-electron chi connectivity index (χ3n) is 2.93. The average Bonchev–Trinajstić information content (AvgIpc) is 2.48. The molecule has 1 aromatic heterocycles. The molecule has 2 N–H and O–H groups in total. The van der Waals surface area contributed by atoms with Crippen molar-refractivity contribution in [3.8, 4) is 5.75 Å². The molecule has 0 aliphatic heterocycles. The molecule has 19 heavy (non-hydrogen) atoms. The molecule has 2 aromatic rings. The molecule has 0 bridgehead atoms. The SMILES string of the molecule is CNc1cc(NCCc2ccccc2OC)ccn1. The van der Waals surface area contributed by atoms with Crippen molar-refractivity contribution in [2.45, 2.75) is 6.42 Å². The number of benzene rings is 1. The zero-order valence-corrected chi connectivity index (χ0v) is 11.3. The lowest BCUT2D eigenvalue weighted by Gasteiger charge is -2.10. The van der Waals surface area contributed by atoms with Gasteiger partial charge in [0, 0.05) is 31.5 Å². The van der Waals surface area contributed by atoms with Crippen LogP contribution in [0, 0.1) is 0 Å². The first-order valence-electron chi connectivity index (χ1n) is 6.33. The third-order valence-corrected chi connectivity index (χ3v) is 2.93. The molecule has 0 radical (unpaired) electrons. The van der Waals surface area contributed by atoms with E-state index in [9.17, 15) is 0 Å². The van der Waals surface area contributed by atoms with Crippen LogP contribution in [0.25, 0.3) is 0 Å². The molecule has 2 rings (SSSR count). The Morgan fingerprint density at radius 3 is 2.84 bits per heavy atom. The maximum Gasteiger partial charge on any atom is 0.127 e. The highest BCUT2D eigenvalue weighted by Crippen LogP contribution is 2.18. The summed E-state index contributed by atoms with van der Waals surface area (Å²) in [6.45, 7) is 0.855. The van der Waals surface area contributed by atoms with E-state index in [1.165, 1.54) is 5.56 Å². The Morgan fingerprint density at radius 1 is 1.21 bits per heavy atom. The number of hydrogen-bond donors (Lipinski definition) is 2. The zero-order valence-electron chi connectivity index (χ0n) is 11.3. The topological polar surface area (TPSA) is 46.2 Å². The Labute approximate surface area is 113 Å². The first kappa shape index (κ1) is 13.2. The number of hydrogen-bond acceptors (Lipinski definition) is 4. The van der Waals surface area contributed by atoms with Crippen LogP contribution < -0.4 is 15.4 Å². The Kier molecular flexibility index (Phi) is 4.61. The highest BCUT2D eigenvalue weighted by atomic mass is 16.5.